The Morgan fingerprint density at radius 2 is 1.74 bits per heavy atom. The number of hydrogen-bond acceptors (Lipinski definition) is 3. The SMILES string of the molecule is O=C(NCc1ccnc(-c2ccncc2)c1)c1ccc(Cl)cc1. The number of aromatic nitrogens is 2. The van der Waals surface area contributed by atoms with Gasteiger partial charge in [-0.3, -0.25) is 14.8 Å². The van der Waals surface area contributed by atoms with Crippen LogP contribution in [0.5, 0.6) is 0 Å². The van der Waals surface area contributed by atoms with E-state index in [4.69, 9.17) is 11.6 Å². The Hall–Kier alpha value is -2.72. The van der Waals surface area contributed by atoms with Gasteiger partial charge >= 0.3 is 0 Å². The van der Waals surface area contributed by atoms with E-state index in [1.165, 1.54) is 0 Å². The van der Waals surface area contributed by atoms with Crippen LogP contribution in [0.4, 0.5) is 0 Å². The number of benzene rings is 1. The van der Waals surface area contributed by atoms with Crippen LogP contribution in [0.2, 0.25) is 5.02 Å². The van der Waals surface area contributed by atoms with E-state index in [-0.39, 0.29) is 5.91 Å². The fraction of sp³-hybridized carbons (Fsp3) is 0.0556. The van der Waals surface area contributed by atoms with E-state index in [2.05, 4.69) is 15.3 Å². The molecular weight excluding hydrogens is 310 g/mol. The van der Waals surface area contributed by atoms with Gasteiger partial charge in [-0.2, -0.15) is 0 Å². The lowest BCUT2D eigenvalue weighted by Crippen LogP contribution is -2.22. The van der Waals surface area contributed by atoms with Crippen LogP contribution in [0, 0.1) is 0 Å². The molecule has 5 heteroatoms. The molecule has 1 aromatic carbocycles. The van der Waals surface area contributed by atoms with Gasteiger partial charge < -0.3 is 5.32 Å². The Balaban J connectivity index is 1.69. The van der Waals surface area contributed by atoms with E-state index in [1.807, 2.05) is 24.3 Å². The zero-order valence-corrected chi connectivity index (χ0v) is 13.0. The molecule has 0 spiro atoms. The molecule has 2 aromatic heterocycles. The fourth-order valence-electron chi connectivity index (χ4n) is 2.15. The van der Waals surface area contributed by atoms with Crippen molar-refractivity contribution in [2.75, 3.05) is 0 Å². The third-order valence-corrected chi connectivity index (χ3v) is 3.61. The third kappa shape index (κ3) is 3.93. The molecular formula is C18H14ClN3O. The van der Waals surface area contributed by atoms with Gasteiger partial charge in [0.2, 0.25) is 0 Å². The molecule has 0 saturated carbocycles. The van der Waals surface area contributed by atoms with Crippen LogP contribution >= 0.6 is 11.6 Å². The lowest BCUT2D eigenvalue weighted by atomic mass is 10.1. The highest BCUT2D eigenvalue weighted by Crippen LogP contribution is 2.16. The summed E-state index contributed by atoms with van der Waals surface area (Å²) in [5.41, 5.74) is 3.41. The fourth-order valence-corrected chi connectivity index (χ4v) is 2.28. The number of nitrogens with one attached hydrogen (secondary N) is 1. The van der Waals surface area contributed by atoms with Gasteiger partial charge in [0.25, 0.3) is 5.91 Å². The van der Waals surface area contributed by atoms with E-state index in [0.717, 1.165) is 16.8 Å². The molecule has 23 heavy (non-hydrogen) atoms. The Morgan fingerprint density at radius 3 is 2.48 bits per heavy atom. The predicted octanol–water partition coefficient (Wildman–Crippen LogP) is 3.73. The number of nitrogens with zero attached hydrogens (tertiary/aromatic N) is 2. The van der Waals surface area contributed by atoms with Gasteiger partial charge in [-0.25, -0.2) is 0 Å². The Morgan fingerprint density at radius 1 is 1.00 bits per heavy atom. The number of hydrogen-bond donors (Lipinski definition) is 1. The Labute approximate surface area is 139 Å². The summed E-state index contributed by atoms with van der Waals surface area (Å²) in [5, 5.41) is 3.50. The van der Waals surface area contributed by atoms with E-state index >= 15 is 0 Å². The van der Waals surface area contributed by atoms with Crippen molar-refractivity contribution in [2.45, 2.75) is 6.54 Å². The molecule has 4 nitrogen and oxygen atoms in total. The maximum Gasteiger partial charge on any atom is 0.251 e. The maximum absolute atomic E-state index is 12.1. The highest BCUT2D eigenvalue weighted by atomic mass is 35.5. The molecule has 0 saturated heterocycles. The number of pyridine rings is 2. The van der Waals surface area contributed by atoms with Crippen molar-refractivity contribution in [3.8, 4) is 11.3 Å². The molecule has 0 aliphatic carbocycles. The first-order chi connectivity index (χ1) is 11.2. The number of halogens is 1. The quantitative estimate of drug-likeness (QED) is 0.796. The summed E-state index contributed by atoms with van der Waals surface area (Å²) in [7, 11) is 0. The van der Waals surface area contributed by atoms with Crippen molar-refractivity contribution in [3.05, 3.63) is 83.3 Å². The van der Waals surface area contributed by atoms with Crippen molar-refractivity contribution in [1.29, 1.82) is 0 Å². The molecule has 1 N–H and O–H groups in total. The zero-order valence-electron chi connectivity index (χ0n) is 12.2. The second-order valence-electron chi connectivity index (χ2n) is 4.97. The van der Waals surface area contributed by atoms with Crippen LogP contribution in [0.15, 0.2) is 67.1 Å². The van der Waals surface area contributed by atoms with Crippen LogP contribution < -0.4 is 5.32 Å². The van der Waals surface area contributed by atoms with Gasteiger partial charge in [0.1, 0.15) is 0 Å². The highest BCUT2D eigenvalue weighted by molar-refractivity contribution is 6.30. The highest BCUT2D eigenvalue weighted by Gasteiger charge is 2.06. The van der Waals surface area contributed by atoms with Crippen molar-refractivity contribution in [2.24, 2.45) is 0 Å². The molecule has 0 unspecified atom stereocenters. The summed E-state index contributed by atoms with van der Waals surface area (Å²) in [6, 6.07) is 14.4. The average molecular weight is 324 g/mol. The zero-order chi connectivity index (χ0) is 16.1. The lowest BCUT2D eigenvalue weighted by molar-refractivity contribution is 0.0951. The van der Waals surface area contributed by atoms with Gasteiger partial charge in [-0.15, -0.1) is 0 Å². The maximum atomic E-state index is 12.1. The summed E-state index contributed by atoms with van der Waals surface area (Å²) in [5.74, 6) is -0.135. The molecule has 0 fully saturated rings. The van der Waals surface area contributed by atoms with Gasteiger partial charge in [-0.1, -0.05) is 11.6 Å². The summed E-state index contributed by atoms with van der Waals surface area (Å²) in [6.45, 7) is 0.433. The largest absolute Gasteiger partial charge is 0.348 e. The van der Waals surface area contributed by atoms with E-state index in [9.17, 15) is 4.79 Å². The van der Waals surface area contributed by atoms with Crippen LogP contribution in [0.3, 0.4) is 0 Å². The molecule has 3 rings (SSSR count). The first kappa shape index (κ1) is 15.2. The molecule has 0 aliphatic heterocycles. The second kappa shape index (κ2) is 7.03. The van der Waals surface area contributed by atoms with Crippen molar-refractivity contribution in [3.63, 3.8) is 0 Å². The number of carbonyl (C=O) groups excluding carboxylic acids is 1. The van der Waals surface area contributed by atoms with Gasteiger partial charge in [0, 0.05) is 41.3 Å². The summed E-state index contributed by atoms with van der Waals surface area (Å²) >= 11 is 5.82. The first-order valence-corrected chi connectivity index (χ1v) is 7.49. The molecule has 2 heterocycles. The monoisotopic (exact) mass is 323 g/mol. The van der Waals surface area contributed by atoms with Crippen molar-refractivity contribution in [1.82, 2.24) is 15.3 Å². The van der Waals surface area contributed by atoms with Gasteiger partial charge in [-0.05, 0) is 54.1 Å². The van der Waals surface area contributed by atoms with Crippen LogP contribution in [-0.2, 0) is 6.54 Å². The number of amides is 1. The average Bonchev–Trinajstić information content (AvgIpc) is 2.61. The molecule has 0 aliphatic rings. The van der Waals surface area contributed by atoms with E-state index in [1.54, 1.807) is 42.9 Å². The Kier molecular flexibility index (Phi) is 4.64. The molecule has 1 amide bonds. The van der Waals surface area contributed by atoms with Gasteiger partial charge in [0.15, 0.2) is 0 Å². The van der Waals surface area contributed by atoms with Crippen molar-refractivity contribution >= 4 is 17.5 Å². The summed E-state index contributed by atoms with van der Waals surface area (Å²) in [6.07, 6.45) is 5.19. The van der Waals surface area contributed by atoms with Crippen LogP contribution in [-0.4, -0.2) is 15.9 Å². The topological polar surface area (TPSA) is 54.9 Å². The lowest BCUT2D eigenvalue weighted by Gasteiger charge is -2.07. The second-order valence-corrected chi connectivity index (χ2v) is 5.41. The summed E-state index contributed by atoms with van der Waals surface area (Å²) < 4.78 is 0. The number of carbonyl (C=O) groups is 1. The van der Waals surface area contributed by atoms with Crippen LogP contribution in [0.1, 0.15) is 15.9 Å². The number of rotatable bonds is 4. The normalized spacial score (nSPS) is 10.3. The molecule has 0 radical (unpaired) electrons. The van der Waals surface area contributed by atoms with Crippen LogP contribution in [0.25, 0.3) is 11.3 Å². The predicted molar refractivity (Wildman–Crippen MR) is 90.1 cm³/mol. The molecule has 3 aromatic rings. The molecule has 0 atom stereocenters. The van der Waals surface area contributed by atoms with E-state index in [0.29, 0.717) is 17.1 Å². The smallest absolute Gasteiger partial charge is 0.251 e. The minimum absolute atomic E-state index is 0.135. The minimum atomic E-state index is -0.135. The Bertz CT molecular complexity index is 804. The third-order valence-electron chi connectivity index (χ3n) is 3.36. The molecule has 114 valence electrons. The first-order valence-electron chi connectivity index (χ1n) is 7.11. The van der Waals surface area contributed by atoms with Gasteiger partial charge in [0.05, 0.1) is 5.69 Å². The van der Waals surface area contributed by atoms with Crippen molar-refractivity contribution < 1.29 is 4.79 Å². The van der Waals surface area contributed by atoms with E-state index < -0.39 is 0 Å². The minimum Gasteiger partial charge on any atom is -0.348 e. The summed E-state index contributed by atoms with van der Waals surface area (Å²) in [4.78, 5) is 20.5. The molecule has 0 bridgehead atoms. The standard InChI is InChI=1S/C18H14ClN3O/c19-16-3-1-15(2-4-16)18(23)22-12-13-5-10-21-17(11-13)14-6-8-20-9-7-14/h1-11H,12H2,(H,22,23).